The van der Waals surface area contributed by atoms with Gasteiger partial charge in [-0.15, -0.1) is 0 Å². The third-order valence-corrected chi connectivity index (χ3v) is 6.71. The minimum Gasteiger partial charge on any atom is -0.377 e. The molecule has 1 N–H and O–H groups in total. The predicted octanol–water partition coefficient (Wildman–Crippen LogP) is 4.14. The van der Waals surface area contributed by atoms with E-state index in [0.717, 1.165) is 44.6 Å². The van der Waals surface area contributed by atoms with Crippen LogP contribution >= 0.6 is 23.2 Å². The van der Waals surface area contributed by atoms with Crippen molar-refractivity contribution in [2.45, 2.75) is 57.7 Å². The maximum atomic E-state index is 12.7. The number of hydrogen-bond donors (Lipinski definition) is 1. The fourth-order valence-corrected chi connectivity index (χ4v) is 4.79. The molecule has 0 unspecified atom stereocenters. The first-order valence-corrected chi connectivity index (χ1v) is 11.5. The number of likely N-dealkylation sites (tertiary alicyclic amines) is 2. The highest BCUT2D eigenvalue weighted by Crippen LogP contribution is 2.26. The van der Waals surface area contributed by atoms with Gasteiger partial charge in [0, 0.05) is 29.7 Å². The van der Waals surface area contributed by atoms with Crippen LogP contribution in [0.25, 0.3) is 0 Å². The second-order valence-electron chi connectivity index (χ2n) is 8.23. The van der Waals surface area contributed by atoms with Gasteiger partial charge in [0.15, 0.2) is 0 Å². The van der Waals surface area contributed by atoms with E-state index in [1.807, 2.05) is 19.9 Å². The summed E-state index contributed by atoms with van der Waals surface area (Å²) in [4.78, 5) is 17.5. The molecule has 1 aromatic rings. The Bertz CT molecular complexity index is 674. The lowest BCUT2D eigenvalue weighted by atomic mass is 10.0. The molecule has 0 saturated carbocycles. The normalized spacial score (nSPS) is 21.2. The van der Waals surface area contributed by atoms with Crippen molar-refractivity contribution in [3.63, 3.8) is 0 Å². The lowest BCUT2D eigenvalue weighted by Crippen LogP contribution is -2.49. The van der Waals surface area contributed by atoms with Gasteiger partial charge in [-0.25, -0.2) is 0 Å². The Labute approximate surface area is 184 Å². The Balaban J connectivity index is 1.39. The van der Waals surface area contributed by atoms with Gasteiger partial charge < -0.3 is 15.0 Å². The number of piperidine rings is 1. The zero-order valence-electron chi connectivity index (χ0n) is 17.5. The standard InChI is InChI=1S/C22H33Cl2N3O2/c1-16(20-6-5-18(23)15-21(20)24)25-22(28)17(2)27-11-7-19(8-12-27)29-14-13-26-9-3-4-10-26/h5-6,15-17,19H,3-4,7-14H2,1-2H3,(H,25,28)/t16-,17-/m0/s1. The average molecular weight is 442 g/mol. The number of carbonyl (C=O) groups is 1. The number of nitrogens with zero attached hydrogens (tertiary/aromatic N) is 2. The molecule has 0 aliphatic carbocycles. The van der Waals surface area contributed by atoms with Crippen LogP contribution in [0, 0.1) is 0 Å². The van der Waals surface area contributed by atoms with Crippen LogP contribution in [0.1, 0.15) is 51.1 Å². The van der Waals surface area contributed by atoms with Crippen LogP contribution < -0.4 is 5.32 Å². The summed E-state index contributed by atoms with van der Waals surface area (Å²) in [6.07, 6.45) is 4.92. The van der Waals surface area contributed by atoms with E-state index in [2.05, 4.69) is 15.1 Å². The van der Waals surface area contributed by atoms with Gasteiger partial charge in [-0.3, -0.25) is 9.69 Å². The summed E-state index contributed by atoms with van der Waals surface area (Å²) in [6, 6.07) is 5.03. The van der Waals surface area contributed by atoms with E-state index in [9.17, 15) is 4.79 Å². The molecule has 2 saturated heterocycles. The summed E-state index contributed by atoms with van der Waals surface area (Å²) in [5.74, 6) is 0.0249. The molecular formula is C22H33Cl2N3O2. The quantitative estimate of drug-likeness (QED) is 0.658. The van der Waals surface area contributed by atoms with Crippen molar-refractivity contribution in [3.05, 3.63) is 33.8 Å². The van der Waals surface area contributed by atoms with Crippen molar-refractivity contribution in [2.24, 2.45) is 0 Å². The molecule has 0 spiro atoms. The Morgan fingerprint density at radius 2 is 1.86 bits per heavy atom. The van der Waals surface area contributed by atoms with Crippen molar-refractivity contribution < 1.29 is 9.53 Å². The second-order valence-corrected chi connectivity index (χ2v) is 9.07. The summed E-state index contributed by atoms with van der Waals surface area (Å²) in [7, 11) is 0. The van der Waals surface area contributed by atoms with Gasteiger partial charge in [-0.2, -0.15) is 0 Å². The number of amides is 1. The van der Waals surface area contributed by atoms with Crippen LogP contribution in [0.3, 0.4) is 0 Å². The monoisotopic (exact) mass is 441 g/mol. The maximum Gasteiger partial charge on any atom is 0.237 e. The third-order valence-electron chi connectivity index (χ3n) is 6.15. The Morgan fingerprint density at radius 1 is 1.17 bits per heavy atom. The van der Waals surface area contributed by atoms with Gasteiger partial charge >= 0.3 is 0 Å². The average Bonchev–Trinajstić information content (AvgIpc) is 3.21. The Kier molecular flexibility index (Phi) is 8.63. The van der Waals surface area contributed by atoms with E-state index >= 15 is 0 Å². The lowest BCUT2D eigenvalue weighted by molar-refractivity contribution is -0.127. The van der Waals surface area contributed by atoms with Crippen molar-refractivity contribution in [1.82, 2.24) is 15.1 Å². The minimum absolute atomic E-state index is 0.0249. The fourth-order valence-electron chi connectivity index (χ4n) is 4.21. The molecule has 2 fully saturated rings. The van der Waals surface area contributed by atoms with E-state index in [1.54, 1.807) is 12.1 Å². The largest absolute Gasteiger partial charge is 0.377 e. The SMILES string of the molecule is C[C@H](NC(=O)[C@H](C)N1CCC(OCCN2CCCC2)CC1)c1ccc(Cl)cc1Cl. The number of ether oxygens (including phenoxy) is 1. The molecule has 2 atom stereocenters. The summed E-state index contributed by atoms with van der Waals surface area (Å²) in [5, 5.41) is 4.25. The molecule has 162 valence electrons. The minimum atomic E-state index is -0.172. The predicted molar refractivity (Wildman–Crippen MR) is 119 cm³/mol. The van der Waals surface area contributed by atoms with Gasteiger partial charge in [0.1, 0.15) is 0 Å². The summed E-state index contributed by atoms with van der Waals surface area (Å²) in [5.41, 5.74) is 0.877. The van der Waals surface area contributed by atoms with E-state index in [1.165, 1.54) is 25.9 Å². The fraction of sp³-hybridized carbons (Fsp3) is 0.682. The highest BCUT2D eigenvalue weighted by molar-refractivity contribution is 6.35. The van der Waals surface area contributed by atoms with E-state index in [-0.39, 0.29) is 18.0 Å². The molecule has 5 nitrogen and oxygen atoms in total. The molecule has 0 bridgehead atoms. The molecule has 1 aromatic carbocycles. The molecule has 29 heavy (non-hydrogen) atoms. The summed E-state index contributed by atoms with van der Waals surface area (Å²) >= 11 is 12.2. The molecule has 2 heterocycles. The summed E-state index contributed by atoms with van der Waals surface area (Å²) < 4.78 is 6.08. The van der Waals surface area contributed by atoms with Gasteiger partial charge in [0.05, 0.1) is 24.8 Å². The highest BCUT2D eigenvalue weighted by Gasteiger charge is 2.28. The van der Waals surface area contributed by atoms with Gasteiger partial charge in [-0.05, 0) is 70.3 Å². The van der Waals surface area contributed by atoms with Crippen LogP contribution in [0.2, 0.25) is 10.0 Å². The number of rotatable bonds is 8. The summed E-state index contributed by atoms with van der Waals surface area (Å²) in [6.45, 7) is 9.99. The topological polar surface area (TPSA) is 44.8 Å². The van der Waals surface area contributed by atoms with Gasteiger partial charge in [0.25, 0.3) is 0 Å². The lowest BCUT2D eigenvalue weighted by Gasteiger charge is -2.35. The van der Waals surface area contributed by atoms with Crippen LogP contribution in [0.15, 0.2) is 18.2 Å². The van der Waals surface area contributed by atoms with Crippen LogP contribution in [0.5, 0.6) is 0 Å². The van der Waals surface area contributed by atoms with Crippen molar-refractivity contribution in [2.75, 3.05) is 39.3 Å². The third kappa shape index (κ3) is 6.56. The first kappa shape index (κ1) is 22.8. The molecular weight excluding hydrogens is 409 g/mol. The number of benzene rings is 1. The molecule has 0 aromatic heterocycles. The van der Waals surface area contributed by atoms with Gasteiger partial charge in [-0.1, -0.05) is 29.3 Å². The zero-order chi connectivity index (χ0) is 20.8. The van der Waals surface area contributed by atoms with Crippen LogP contribution in [-0.2, 0) is 9.53 Å². The highest BCUT2D eigenvalue weighted by atomic mass is 35.5. The van der Waals surface area contributed by atoms with Crippen molar-refractivity contribution in [3.8, 4) is 0 Å². The van der Waals surface area contributed by atoms with E-state index < -0.39 is 0 Å². The van der Waals surface area contributed by atoms with Gasteiger partial charge in [0.2, 0.25) is 5.91 Å². The Morgan fingerprint density at radius 3 is 2.52 bits per heavy atom. The molecule has 3 rings (SSSR count). The number of hydrogen-bond acceptors (Lipinski definition) is 4. The first-order valence-electron chi connectivity index (χ1n) is 10.8. The number of nitrogens with one attached hydrogen (secondary N) is 1. The Hall–Kier alpha value is -0.850. The second kappa shape index (κ2) is 11.0. The molecule has 1 amide bonds. The molecule has 2 aliphatic heterocycles. The number of carbonyl (C=O) groups excluding carboxylic acids is 1. The smallest absolute Gasteiger partial charge is 0.237 e. The molecule has 7 heteroatoms. The van der Waals surface area contributed by atoms with E-state index in [0.29, 0.717) is 16.1 Å². The molecule has 0 radical (unpaired) electrons. The number of halogens is 2. The van der Waals surface area contributed by atoms with Crippen molar-refractivity contribution in [1.29, 1.82) is 0 Å². The molecule has 2 aliphatic rings. The van der Waals surface area contributed by atoms with E-state index in [4.69, 9.17) is 27.9 Å². The van der Waals surface area contributed by atoms with Crippen LogP contribution in [-0.4, -0.2) is 67.2 Å². The zero-order valence-corrected chi connectivity index (χ0v) is 19.0. The van der Waals surface area contributed by atoms with Crippen LogP contribution in [0.4, 0.5) is 0 Å². The first-order chi connectivity index (χ1) is 13.9. The van der Waals surface area contributed by atoms with Crippen molar-refractivity contribution >= 4 is 29.1 Å². The maximum absolute atomic E-state index is 12.7.